The van der Waals surface area contributed by atoms with E-state index in [0.717, 1.165) is 28.6 Å². The highest BCUT2D eigenvalue weighted by Gasteiger charge is 2.38. The normalized spacial score (nSPS) is 15.5. The van der Waals surface area contributed by atoms with E-state index in [4.69, 9.17) is 16.3 Å². The molecule has 0 fully saturated rings. The van der Waals surface area contributed by atoms with Crippen LogP contribution in [-0.4, -0.2) is 33.8 Å². The first-order valence-electron chi connectivity index (χ1n) is 11.6. The number of rotatable bonds is 8. The van der Waals surface area contributed by atoms with E-state index in [1.165, 1.54) is 18.2 Å². The summed E-state index contributed by atoms with van der Waals surface area (Å²) in [4.78, 5) is 27.1. The van der Waals surface area contributed by atoms with Crippen molar-refractivity contribution in [3.05, 3.63) is 106 Å². The van der Waals surface area contributed by atoms with Crippen LogP contribution in [0.5, 0.6) is 0 Å². The number of ether oxygens (including phenoxy) is 1. The molecule has 3 aromatic carbocycles. The number of sulfonamides is 1. The van der Waals surface area contributed by atoms with Crippen LogP contribution in [0.15, 0.2) is 89.5 Å². The predicted molar refractivity (Wildman–Crippen MR) is 143 cm³/mol. The highest BCUT2D eigenvalue weighted by molar-refractivity contribution is 7.89. The maximum absolute atomic E-state index is 12.8. The molecule has 0 aromatic heterocycles. The highest BCUT2D eigenvalue weighted by Crippen LogP contribution is 2.46. The van der Waals surface area contributed by atoms with E-state index in [-0.39, 0.29) is 27.8 Å². The number of hydrogen-bond acceptors (Lipinski definition) is 6. The molecule has 9 heteroatoms. The summed E-state index contributed by atoms with van der Waals surface area (Å²) in [5.74, 6) is -1.22. The van der Waals surface area contributed by atoms with Gasteiger partial charge in [0.2, 0.25) is 10.0 Å². The van der Waals surface area contributed by atoms with Crippen molar-refractivity contribution in [1.29, 1.82) is 0 Å². The number of esters is 1. The molecule has 0 aliphatic carbocycles. The number of nitrogens with zero attached hydrogens (tertiary/aromatic N) is 1. The molecule has 0 radical (unpaired) electrons. The van der Waals surface area contributed by atoms with Crippen molar-refractivity contribution >= 4 is 39.1 Å². The van der Waals surface area contributed by atoms with Gasteiger partial charge in [-0.3, -0.25) is 4.79 Å². The Kier molecular flexibility index (Phi) is 7.54. The number of allylic oxidation sites excluding steroid dienone is 1. The molecule has 1 N–H and O–H groups in total. The number of halogens is 1. The Balaban J connectivity index is 1.44. The number of ketones is 1. The average molecular weight is 539 g/mol. The van der Waals surface area contributed by atoms with E-state index < -0.39 is 28.0 Å². The number of fused-ring (bicyclic) bond motifs is 1. The summed E-state index contributed by atoms with van der Waals surface area (Å²) < 4.78 is 33.3. The van der Waals surface area contributed by atoms with Crippen LogP contribution in [0.25, 0.3) is 0 Å². The first-order chi connectivity index (χ1) is 17.5. The second kappa shape index (κ2) is 10.5. The van der Waals surface area contributed by atoms with Crippen LogP contribution in [0, 0.1) is 0 Å². The van der Waals surface area contributed by atoms with Crippen LogP contribution >= 0.6 is 11.6 Å². The Hall–Kier alpha value is -3.46. The van der Waals surface area contributed by atoms with E-state index in [1.807, 2.05) is 56.1 Å². The zero-order valence-electron chi connectivity index (χ0n) is 20.7. The molecular formula is C28H27ClN2O5S. The van der Waals surface area contributed by atoms with Crippen LogP contribution < -0.4 is 9.62 Å². The predicted octanol–water partition coefficient (Wildman–Crippen LogP) is 4.86. The molecule has 0 spiro atoms. The van der Waals surface area contributed by atoms with Crippen molar-refractivity contribution in [2.24, 2.45) is 0 Å². The Bertz CT molecular complexity index is 1480. The smallest absolute Gasteiger partial charge is 0.338 e. The lowest BCUT2D eigenvalue weighted by atomic mass is 9.83. The Labute approximate surface area is 221 Å². The fourth-order valence-electron chi connectivity index (χ4n) is 4.36. The van der Waals surface area contributed by atoms with Gasteiger partial charge in [-0.15, -0.1) is 0 Å². The van der Waals surface area contributed by atoms with Gasteiger partial charge in [0.25, 0.3) is 0 Å². The number of carbonyl (C=O) groups excluding carboxylic acids is 2. The topological polar surface area (TPSA) is 92.8 Å². The largest absolute Gasteiger partial charge is 0.454 e. The zero-order chi connectivity index (χ0) is 26.8. The molecule has 1 heterocycles. The molecule has 4 rings (SSSR count). The van der Waals surface area contributed by atoms with Gasteiger partial charge in [0.05, 0.1) is 10.6 Å². The van der Waals surface area contributed by atoms with Crippen LogP contribution in [0.2, 0.25) is 5.02 Å². The number of nitrogens with one attached hydrogen (secondary N) is 1. The van der Waals surface area contributed by atoms with E-state index in [0.29, 0.717) is 0 Å². The van der Waals surface area contributed by atoms with Gasteiger partial charge in [-0.25, -0.2) is 17.9 Å². The van der Waals surface area contributed by atoms with E-state index in [9.17, 15) is 18.0 Å². The molecule has 0 amide bonds. The lowest BCUT2D eigenvalue weighted by Crippen LogP contribution is -2.25. The lowest BCUT2D eigenvalue weighted by Gasteiger charge is -2.23. The minimum Gasteiger partial charge on any atom is -0.454 e. The molecule has 0 saturated carbocycles. The Morgan fingerprint density at radius 2 is 1.70 bits per heavy atom. The van der Waals surface area contributed by atoms with Gasteiger partial charge in [0, 0.05) is 36.5 Å². The fraction of sp³-hybridized carbons (Fsp3) is 0.214. The number of anilines is 1. The average Bonchev–Trinajstić information content (AvgIpc) is 3.07. The second-order valence-electron chi connectivity index (χ2n) is 9.23. The number of benzene rings is 3. The summed E-state index contributed by atoms with van der Waals surface area (Å²) in [5.41, 5.74) is 3.25. The molecule has 1 aliphatic rings. The molecule has 0 atom stereocenters. The van der Waals surface area contributed by atoms with Gasteiger partial charge in [0.15, 0.2) is 12.4 Å². The summed E-state index contributed by atoms with van der Waals surface area (Å²) in [7, 11) is -2.12. The number of para-hydroxylation sites is 1. The van der Waals surface area contributed by atoms with Crippen molar-refractivity contribution in [3.8, 4) is 0 Å². The number of likely N-dealkylation sites (N-methyl/N-ethyl adjacent to an activating group) is 1. The van der Waals surface area contributed by atoms with Gasteiger partial charge >= 0.3 is 5.97 Å². The lowest BCUT2D eigenvalue weighted by molar-refractivity contribution is -0.117. The van der Waals surface area contributed by atoms with Gasteiger partial charge in [-0.05, 0) is 35.4 Å². The quantitative estimate of drug-likeness (QED) is 0.325. The fourth-order valence-corrected chi connectivity index (χ4v) is 5.90. The van der Waals surface area contributed by atoms with Gasteiger partial charge in [0.1, 0.15) is 4.90 Å². The van der Waals surface area contributed by atoms with E-state index in [2.05, 4.69) is 4.72 Å². The Morgan fingerprint density at radius 1 is 1.03 bits per heavy atom. The number of carbonyl (C=O) groups is 2. The van der Waals surface area contributed by atoms with E-state index >= 15 is 0 Å². The summed E-state index contributed by atoms with van der Waals surface area (Å²) in [6.45, 7) is 3.63. The van der Waals surface area contributed by atoms with Crippen LogP contribution in [-0.2, 0) is 31.5 Å². The molecule has 7 nitrogen and oxygen atoms in total. The van der Waals surface area contributed by atoms with Crippen molar-refractivity contribution in [3.63, 3.8) is 0 Å². The van der Waals surface area contributed by atoms with Gasteiger partial charge in [-0.1, -0.05) is 74.0 Å². The van der Waals surface area contributed by atoms with Crippen molar-refractivity contribution < 1.29 is 22.7 Å². The highest BCUT2D eigenvalue weighted by atomic mass is 35.5. The summed E-state index contributed by atoms with van der Waals surface area (Å²) in [6, 6.07) is 20.7. The van der Waals surface area contributed by atoms with Gasteiger partial charge in [-0.2, -0.15) is 0 Å². The summed E-state index contributed by atoms with van der Waals surface area (Å²) in [5, 5.41) is -0.0380. The maximum Gasteiger partial charge on any atom is 0.338 e. The SMILES string of the molecule is CN1C(=CC(=O)COC(=O)c2ccc(Cl)c(S(=O)(=O)NCc3ccccc3)c2)C(C)(C)c2ccccc21. The standard InChI is InChI=1S/C28H27ClN2O5S/c1-28(2)22-11-7-8-12-24(22)31(3)26(28)16-21(32)18-36-27(33)20-13-14-23(29)25(15-20)37(34,35)30-17-19-9-5-4-6-10-19/h4-16,30H,17-18H2,1-3H3. The Morgan fingerprint density at radius 3 is 2.41 bits per heavy atom. The van der Waals surface area contributed by atoms with Crippen molar-refractivity contribution in [2.75, 3.05) is 18.6 Å². The maximum atomic E-state index is 12.8. The third-order valence-corrected chi connectivity index (χ3v) is 8.23. The molecule has 1 aliphatic heterocycles. The van der Waals surface area contributed by atoms with Crippen molar-refractivity contribution in [1.82, 2.24) is 4.72 Å². The zero-order valence-corrected chi connectivity index (χ0v) is 22.3. The van der Waals surface area contributed by atoms with Gasteiger partial charge < -0.3 is 9.64 Å². The molecule has 0 saturated heterocycles. The monoisotopic (exact) mass is 538 g/mol. The second-order valence-corrected chi connectivity index (χ2v) is 11.4. The number of hydrogen-bond donors (Lipinski definition) is 1. The first-order valence-corrected chi connectivity index (χ1v) is 13.5. The molecular weight excluding hydrogens is 512 g/mol. The van der Waals surface area contributed by atoms with Crippen LogP contribution in [0.4, 0.5) is 5.69 Å². The molecule has 3 aromatic rings. The van der Waals surface area contributed by atoms with Crippen LogP contribution in [0.3, 0.4) is 0 Å². The summed E-state index contributed by atoms with van der Waals surface area (Å²) >= 11 is 6.13. The third-order valence-electron chi connectivity index (χ3n) is 6.35. The summed E-state index contributed by atoms with van der Waals surface area (Å²) in [6.07, 6.45) is 1.48. The molecule has 0 unspecified atom stereocenters. The van der Waals surface area contributed by atoms with Crippen molar-refractivity contribution in [2.45, 2.75) is 30.7 Å². The van der Waals surface area contributed by atoms with Crippen LogP contribution in [0.1, 0.15) is 35.3 Å². The van der Waals surface area contributed by atoms with E-state index in [1.54, 1.807) is 24.3 Å². The molecule has 192 valence electrons. The minimum absolute atomic E-state index is 0.0318. The first kappa shape index (κ1) is 26.6. The third kappa shape index (κ3) is 5.61. The molecule has 0 bridgehead atoms. The molecule has 37 heavy (non-hydrogen) atoms. The minimum atomic E-state index is -4.01.